The molecular weight excluding hydrogens is 212 g/mol. The molecule has 0 atom stereocenters. The lowest BCUT2D eigenvalue weighted by atomic mass is 9.86. The Morgan fingerprint density at radius 3 is 2.65 bits per heavy atom. The Morgan fingerprint density at radius 2 is 2.06 bits per heavy atom. The summed E-state index contributed by atoms with van der Waals surface area (Å²) in [6, 6.07) is 8.17. The minimum Gasteiger partial charge on any atom is -0.463 e. The van der Waals surface area contributed by atoms with Gasteiger partial charge < -0.3 is 4.74 Å². The van der Waals surface area contributed by atoms with E-state index >= 15 is 0 Å². The maximum absolute atomic E-state index is 11.2. The van der Waals surface area contributed by atoms with Crippen molar-refractivity contribution in [1.82, 2.24) is 0 Å². The van der Waals surface area contributed by atoms with E-state index in [0.29, 0.717) is 6.61 Å². The Balaban J connectivity index is 2.83. The van der Waals surface area contributed by atoms with Gasteiger partial charge in [0.25, 0.3) is 0 Å². The summed E-state index contributed by atoms with van der Waals surface area (Å²) in [5, 5.41) is 0. The number of rotatable bonds is 3. The molecule has 0 heterocycles. The van der Waals surface area contributed by atoms with Crippen LogP contribution < -0.4 is 0 Å². The Hall–Kier alpha value is -1.57. The van der Waals surface area contributed by atoms with E-state index in [1.54, 1.807) is 13.0 Å². The Bertz CT molecular complexity index is 411. The number of esters is 1. The van der Waals surface area contributed by atoms with Gasteiger partial charge in [-0.2, -0.15) is 0 Å². The molecule has 0 fully saturated rings. The van der Waals surface area contributed by atoms with Gasteiger partial charge in [-0.15, -0.1) is 0 Å². The zero-order valence-corrected chi connectivity index (χ0v) is 11.0. The molecule has 0 N–H and O–H groups in total. The Labute approximate surface area is 103 Å². The van der Waals surface area contributed by atoms with Crippen LogP contribution in [-0.2, 0) is 14.9 Å². The van der Waals surface area contributed by atoms with Gasteiger partial charge in [-0.25, -0.2) is 4.79 Å². The van der Waals surface area contributed by atoms with Crippen LogP contribution in [0.15, 0.2) is 30.3 Å². The lowest BCUT2D eigenvalue weighted by molar-refractivity contribution is -0.137. The molecule has 17 heavy (non-hydrogen) atoms. The molecule has 2 heteroatoms. The van der Waals surface area contributed by atoms with Gasteiger partial charge >= 0.3 is 5.97 Å². The van der Waals surface area contributed by atoms with Crippen molar-refractivity contribution >= 4 is 12.0 Å². The SMILES string of the molecule is CCOC(=O)C=Cc1cccc(C(C)(C)C)c1. The van der Waals surface area contributed by atoms with E-state index < -0.39 is 0 Å². The van der Waals surface area contributed by atoms with Crippen LogP contribution in [-0.4, -0.2) is 12.6 Å². The fourth-order valence-corrected chi connectivity index (χ4v) is 1.46. The lowest BCUT2D eigenvalue weighted by Crippen LogP contribution is -2.10. The molecule has 0 amide bonds. The number of hydrogen-bond donors (Lipinski definition) is 0. The molecule has 0 radical (unpaired) electrons. The standard InChI is InChI=1S/C15H20O2/c1-5-17-14(16)10-9-12-7-6-8-13(11-12)15(2,3)4/h6-11H,5H2,1-4H3. The number of carbonyl (C=O) groups is 1. The van der Waals surface area contributed by atoms with Crippen LogP contribution in [0.4, 0.5) is 0 Å². The summed E-state index contributed by atoms with van der Waals surface area (Å²) in [7, 11) is 0. The summed E-state index contributed by atoms with van der Waals surface area (Å²) >= 11 is 0. The second kappa shape index (κ2) is 5.67. The molecule has 0 saturated heterocycles. The van der Waals surface area contributed by atoms with Gasteiger partial charge in [-0.1, -0.05) is 45.0 Å². The van der Waals surface area contributed by atoms with Crippen molar-refractivity contribution in [2.75, 3.05) is 6.61 Å². The Kier molecular flexibility index (Phi) is 4.50. The first-order chi connectivity index (χ1) is 7.93. The quantitative estimate of drug-likeness (QED) is 0.588. The monoisotopic (exact) mass is 232 g/mol. The van der Waals surface area contributed by atoms with Gasteiger partial charge in [0, 0.05) is 6.08 Å². The third kappa shape index (κ3) is 4.43. The number of ether oxygens (including phenoxy) is 1. The van der Waals surface area contributed by atoms with E-state index in [0.717, 1.165) is 5.56 Å². The van der Waals surface area contributed by atoms with Crippen molar-refractivity contribution in [3.63, 3.8) is 0 Å². The average Bonchev–Trinajstić information content (AvgIpc) is 2.26. The summed E-state index contributed by atoms with van der Waals surface area (Å²) in [5.74, 6) is -0.298. The highest BCUT2D eigenvalue weighted by molar-refractivity contribution is 5.87. The fraction of sp³-hybridized carbons (Fsp3) is 0.400. The van der Waals surface area contributed by atoms with Crippen molar-refractivity contribution in [1.29, 1.82) is 0 Å². The largest absolute Gasteiger partial charge is 0.463 e. The molecule has 0 aromatic heterocycles. The molecule has 0 unspecified atom stereocenters. The smallest absolute Gasteiger partial charge is 0.330 e. The van der Waals surface area contributed by atoms with Crippen molar-refractivity contribution in [3.8, 4) is 0 Å². The lowest BCUT2D eigenvalue weighted by Gasteiger charge is -2.19. The van der Waals surface area contributed by atoms with E-state index in [9.17, 15) is 4.79 Å². The second-order valence-electron chi connectivity index (χ2n) is 4.96. The van der Waals surface area contributed by atoms with Gasteiger partial charge in [-0.3, -0.25) is 0 Å². The molecule has 2 nitrogen and oxygen atoms in total. The minimum absolute atomic E-state index is 0.119. The van der Waals surface area contributed by atoms with Crippen LogP contribution in [0.2, 0.25) is 0 Å². The molecule has 0 bridgehead atoms. The number of benzene rings is 1. The predicted molar refractivity (Wildman–Crippen MR) is 70.8 cm³/mol. The van der Waals surface area contributed by atoms with Gasteiger partial charge in [0.15, 0.2) is 0 Å². The summed E-state index contributed by atoms with van der Waals surface area (Å²) < 4.78 is 4.84. The summed E-state index contributed by atoms with van der Waals surface area (Å²) in [4.78, 5) is 11.2. The maximum Gasteiger partial charge on any atom is 0.330 e. The minimum atomic E-state index is -0.298. The zero-order valence-electron chi connectivity index (χ0n) is 11.0. The molecule has 1 aromatic rings. The van der Waals surface area contributed by atoms with E-state index in [4.69, 9.17) is 4.74 Å². The molecule has 0 aliphatic rings. The maximum atomic E-state index is 11.2. The number of carbonyl (C=O) groups excluding carboxylic acids is 1. The first-order valence-electron chi connectivity index (χ1n) is 5.89. The third-order valence-electron chi connectivity index (χ3n) is 2.45. The van der Waals surface area contributed by atoms with Crippen LogP contribution >= 0.6 is 0 Å². The highest BCUT2D eigenvalue weighted by atomic mass is 16.5. The Morgan fingerprint density at radius 1 is 1.35 bits per heavy atom. The fourth-order valence-electron chi connectivity index (χ4n) is 1.46. The third-order valence-corrected chi connectivity index (χ3v) is 2.45. The molecular formula is C15H20O2. The van der Waals surface area contributed by atoms with Crippen molar-refractivity contribution in [2.24, 2.45) is 0 Å². The van der Waals surface area contributed by atoms with Crippen LogP contribution in [0, 0.1) is 0 Å². The van der Waals surface area contributed by atoms with Gasteiger partial charge in [-0.05, 0) is 29.5 Å². The van der Waals surface area contributed by atoms with Crippen molar-refractivity contribution < 1.29 is 9.53 Å². The molecule has 0 saturated carbocycles. The zero-order chi connectivity index (χ0) is 12.9. The first kappa shape index (κ1) is 13.5. The van der Waals surface area contributed by atoms with Crippen LogP contribution in [0.5, 0.6) is 0 Å². The summed E-state index contributed by atoms with van der Waals surface area (Å²) in [5.41, 5.74) is 2.39. The molecule has 0 aliphatic heterocycles. The van der Waals surface area contributed by atoms with Gasteiger partial charge in [0.2, 0.25) is 0 Å². The van der Waals surface area contributed by atoms with Gasteiger partial charge in [0.1, 0.15) is 0 Å². The first-order valence-corrected chi connectivity index (χ1v) is 5.89. The van der Waals surface area contributed by atoms with Crippen LogP contribution in [0.3, 0.4) is 0 Å². The summed E-state index contributed by atoms with van der Waals surface area (Å²) in [6.07, 6.45) is 3.25. The van der Waals surface area contributed by atoms with Crippen LogP contribution in [0.25, 0.3) is 6.08 Å². The summed E-state index contributed by atoms with van der Waals surface area (Å²) in [6.45, 7) is 8.71. The molecule has 1 aromatic carbocycles. The predicted octanol–water partition coefficient (Wildman–Crippen LogP) is 3.56. The highest BCUT2D eigenvalue weighted by Gasteiger charge is 2.12. The molecule has 1 rings (SSSR count). The van der Waals surface area contributed by atoms with Crippen LogP contribution in [0.1, 0.15) is 38.8 Å². The van der Waals surface area contributed by atoms with E-state index in [2.05, 4.69) is 32.9 Å². The molecule has 0 spiro atoms. The average molecular weight is 232 g/mol. The normalized spacial score (nSPS) is 11.8. The van der Waals surface area contributed by atoms with Gasteiger partial charge in [0.05, 0.1) is 6.61 Å². The molecule has 92 valence electrons. The topological polar surface area (TPSA) is 26.3 Å². The second-order valence-corrected chi connectivity index (χ2v) is 4.96. The number of hydrogen-bond acceptors (Lipinski definition) is 2. The van der Waals surface area contributed by atoms with Crippen molar-refractivity contribution in [2.45, 2.75) is 33.1 Å². The van der Waals surface area contributed by atoms with E-state index in [-0.39, 0.29) is 11.4 Å². The van der Waals surface area contributed by atoms with Crippen molar-refractivity contribution in [3.05, 3.63) is 41.5 Å². The highest BCUT2D eigenvalue weighted by Crippen LogP contribution is 2.23. The van der Waals surface area contributed by atoms with E-state index in [1.807, 2.05) is 12.1 Å². The molecule has 0 aliphatic carbocycles. The van der Waals surface area contributed by atoms with E-state index in [1.165, 1.54) is 11.6 Å².